The number of allylic oxidation sites excluding steroid dienone is 7. The van der Waals surface area contributed by atoms with Crippen molar-refractivity contribution < 1.29 is 0 Å². The van der Waals surface area contributed by atoms with Gasteiger partial charge in [0.25, 0.3) is 0 Å². The lowest BCUT2D eigenvalue weighted by Gasteiger charge is -2.15. The lowest BCUT2D eigenvalue weighted by Crippen LogP contribution is -2.00. The Balaban J connectivity index is 2.27. The van der Waals surface area contributed by atoms with Gasteiger partial charge in [-0.05, 0) is 38.0 Å². The molecule has 0 radical (unpaired) electrons. The molecule has 3 aromatic rings. The van der Waals surface area contributed by atoms with Crippen LogP contribution in [0, 0.1) is 0 Å². The SMILES string of the molecule is C=C(Br)/C(C)=C(/C=C\C)C(=C/C)\c1cc(-c2ccccc2)nc(-c2ccccc2)n1. The highest BCUT2D eigenvalue weighted by Crippen LogP contribution is 2.33. The van der Waals surface area contributed by atoms with E-state index in [-0.39, 0.29) is 0 Å². The predicted octanol–water partition coefficient (Wildman–Crippen LogP) is 8.02. The molecule has 0 atom stereocenters. The molecule has 0 amide bonds. The Bertz CT molecular complexity index is 1070. The van der Waals surface area contributed by atoms with E-state index in [1.54, 1.807) is 0 Å². The second-order valence-electron chi connectivity index (χ2n) is 6.84. The second-order valence-corrected chi connectivity index (χ2v) is 7.80. The third-order valence-electron chi connectivity index (χ3n) is 4.83. The molecule has 0 spiro atoms. The zero-order chi connectivity index (χ0) is 21.5. The third kappa shape index (κ3) is 4.92. The Hall–Kier alpha value is -3.04. The average Bonchev–Trinajstić information content (AvgIpc) is 2.79. The van der Waals surface area contributed by atoms with Crippen LogP contribution in [0.5, 0.6) is 0 Å². The lowest BCUT2D eigenvalue weighted by molar-refractivity contribution is 1.15. The van der Waals surface area contributed by atoms with Crippen molar-refractivity contribution in [2.24, 2.45) is 0 Å². The molecule has 0 bridgehead atoms. The van der Waals surface area contributed by atoms with E-state index in [9.17, 15) is 0 Å². The summed E-state index contributed by atoms with van der Waals surface area (Å²) in [6.07, 6.45) is 6.24. The van der Waals surface area contributed by atoms with Crippen molar-refractivity contribution >= 4 is 21.5 Å². The molecule has 0 aliphatic rings. The Kier molecular flexibility index (Phi) is 7.31. The van der Waals surface area contributed by atoms with E-state index in [4.69, 9.17) is 9.97 Å². The van der Waals surface area contributed by atoms with Crippen LogP contribution < -0.4 is 0 Å². The van der Waals surface area contributed by atoms with Crippen LogP contribution in [-0.2, 0) is 0 Å². The fraction of sp³-hybridized carbons (Fsp3) is 0.111. The summed E-state index contributed by atoms with van der Waals surface area (Å²) >= 11 is 3.54. The van der Waals surface area contributed by atoms with E-state index in [2.05, 4.69) is 59.8 Å². The molecule has 3 heteroatoms. The van der Waals surface area contributed by atoms with Gasteiger partial charge in [0.1, 0.15) is 0 Å². The Labute approximate surface area is 187 Å². The lowest BCUT2D eigenvalue weighted by atomic mass is 9.95. The second kappa shape index (κ2) is 10.1. The topological polar surface area (TPSA) is 25.8 Å². The van der Waals surface area contributed by atoms with Gasteiger partial charge in [0.15, 0.2) is 5.82 Å². The molecule has 0 aliphatic carbocycles. The molecule has 0 saturated heterocycles. The van der Waals surface area contributed by atoms with Crippen LogP contribution in [0.2, 0.25) is 0 Å². The number of aromatic nitrogens is 2. The molecule has 0 aliphatic heterocycles. The minimum Gasteiger partial charge on any atom is -0.228 e. The predicted molar refractivity (Wildman–Crippen MR) is 132 cm³/mol. The van der Waals surface area contributed by atoms with Crippen LogP contribution in [-0.4, -0.2) is 9.97 Å². The summed E-state index contributed by atoms with van der Waals surface area (Å²) in [7, 11) is 0. The van der Waals surface area contributed by atoms with E-state index in [1.807, 2.05) is 68.5 Å². The minimum atomic E-state index is 0.710. The molecule has 0 N–H and O–H groups in total. The van der Waals surface area contributed by atoms with Gasteiger partial charge in [-0.2, -0.15) is 0 Å². The molecule has 1 aromatic heterocycles. The van der Waals surface area contributed by atoms with Crippen LogP contribution in [0.3, 0.4) is 0 Å². The number of halogens is 1. The van der Waals surface area contributed by atoms with Gasteiger partial charge in [-0.25, -0.2) is 9.97 Å². The molecule has 2 nitrogen and oxygen atoms in total. The normalized spacial score (nSPS) is 12.7. The highest BCUT2D eigenvalue weighted by molar-refractivity contribution is 9.11. The maximum atomic E-state index is 4.95. The van der Waals surface area contributed by atoms with Gasteiger partial charge >= 0.3 is 0 Å². The smallest absolute Gasteiger partial charge is 0.160 e. The molecule has 0 unspecified atom stereocenters. The van der Waals surface area contributed by atoms with Gasteiger partial charge in [-0.1, -0.05) is 101 Å². The quantitative estimate of drug-likeness (QED) is 0.350. The van der Waals surface area contributed by atoms with Gasteiger partial charge in [0.05, 0.1) is 11.4 Å². The molecule has 1 heterocycles. The van der Waals surface area contributed by atoms with Crippen LogP contribution in [0.1, 0.15) is 26.5 Å². The van der Waals surface area contributed by atoms with Crippen molar-refractivity contribution in [1.29, 1.82) is 0 Å². The number of hydrogen-bond donors (Lipinski definition) is 0. The van der Waals surface area contributed by atoms with E-state index < -0.39 is 0 Å². The first-order valence-corrected chi connectivity index (χ1v) is 10.7. The van der Waals surface area contributed by atoms with Crippen LogP contribution >= 0.6 is 15.9 Å². The van der Waals surface area contributed by atoms with E-state index in [0.717, 1.165) is 43.7 Å². The van der Waals surface area contributed by atoms with Gasteiger partial charge < -0.3 is 0 Å². The first kappa shape index (κ1) is 21.7. The standard InChI is InChI=1S/C27H25BrN2/c1-5-13-24(19(3)20(4)28)23(6-2)26-18-25(21-14-9-7-10-15-21)29-27(30-26)22-16-11-8-12-17-22/h5-18H,4H2,1-3H3/b13-5-,23-6+,24-19-. The van der Waals surface area contributed by atoms with Crippen molar-refractivity contribution in [2.75, 3.05) is 0 Å². The van der Waals surface area contributed by atoms with Gasteiger partial charge in [0.2, 0.25) is 0 Å². The highest BCUT2D eigenvalue weighted by Gasteiger charge is 2.15. The summed E-state index contributed by atoms with van der Waals surface area (Å²) in [5.74, 6) is 0.710. The number of hydrogen-bond acceptors (Lipinski definition) is 2. The van der Waals surface area contributed by atoms with Crippen LogP contribution in [0.15, 0.2) is 107 Å². The van der Waals surface area contributed by atoms with Crippen molar-refractivity contribution in [1.82, 2.24) is 9.97 Å². The van der Waals surface area contributed by atoms with Crippen LogP contribution in [0.4, 0.5) is 0 Å². The fourth-order valence-electron chi connectivity index (χ4n) is 3.23. The number of nitrogens with zero attached hydrogens (tertiary/aromatic N) is 2. The van der Waals surface area contributed by atoms with Crippen molar-refractivity contribution in [3.8, 4) is 22.6 Å². The average molecular weight is 457 g/mol. The number of rotatable bonds is 6. The largest absolute Gasteiger partial charge is 0.228 e. The molecular weight excluding hydrogens is 432 g/mol. The molecule has 3 rings (SSSR count). The molecule has 30 heavy (non-hydrogen) atoms. The monoisotopic (exact) mass is 456 g/mol. The highest BCUT2D eigenvalue weighted by atomic mass is 79.9. The Morgan fingerprint density at radius 2 is 1.50 bits per heavy atom. The van der Waals surface area contributed by atoms with Crippen molar-refractivity contribution in [3.05, 3.63) is 113 Å². The maximum absolute atomic E-state index is 4.95. The molecule has 150 valence electrons. The molecule has 2 aromatic carbocycles. The summed E-state index contributed by atoms with van der Waals surface area (Å²) in [4.78, 5) is 9.83. The maximum Gasteiger partial charge on any atom is 0.160 e. The van der Waals surface area contributed by atoms with E-state index in [0.29, 0.717) is 5.82 Å². The van der Waals surface area contributed by atoms with Crippen LogP contribution in [0.25, 0.3) is 28.2 Å². The minimum absolute atomic E-state index is 0.710. The number of benzene rings is 2. The Morgan fingerprint density at radius 3 is 2.03 bits per heavy atom. The summed E-state index contributed by atoms with van der Waals surface area (Å²) in [6, 6.07) is 22.4. The Morgan fingerprint density at radius 1 is 0.900 bits per heavy atom. The summed E-state index contributed by atoms with van der Waals surface area (Å²) in [5.41, 5.74) is 7.03. The van der Waals surface area contributed by atoms with E-state index >= 15 is 0 Å². The van der Waals surface area contributed by atoms with Gasteiger partial charge in [-0.15, -0.1) is 0 Å². The van der Waals surface area contributed by atoms with Crippen molar-refractivity contribution in [3.63, 3.8) is 0 Å². The first-order valence-electron chi connectivity index (χ1n) is 9.90. The molecule has 0 saturated carbocycles. The van der Waals surface area contributed by atoms with Gasteiger partial charge in [-0.3, -0.25) is 0 Å². The summed E-state index contributed by atoms with van der Waals surface area (Å²) in [6.45, 7) is 10.2. The van der Waals surface area contributed by atoms with E-state index in [1.165, 1.54) is 0 Å². The molecule has 0 fully saturated rings. The van der Waals surface area contributed by atoms with Gasteiger partial charge in [0, 0.05) is 21.2 Å². The zero-order valence-electron chi connectivity index (χ0n) is 17.6. The third-order valence-corrected chi connectivity index (χ3v) is 5.42. The summed E-state index contributed by atoms with van der Waals surface area (Å²) < 4.78 is 0.857. The van der Waals surface area contributed by atoms with Crippen molar-refractivity contribution in [2.45, 2.75) is 20.8 Å². The zero-order valence-corrected chi connectivity index (χ0v) is 19.1. The summed E-state index contributed by atoms with van der Waals surface area (Å²) in [5, 5.41) is 0. The molecular formula is C27H25BrN2. The first-order chi connectivity index (χ1) is 14.5. The fourth-order valence-corrected chi connectivity index (χ4v) is 3.44.